The maximum atomic E-state index is 12.1. The molecule has 110 valence electrons. The van der Waals surface area contributed by atoms with E-state index in [4.69, 9.17) is 0 Å². The average molecular weight is 275 g/mol. The van der Waals surface area contributed by atoms with Crippen LogP contribution in [0.4, 0.5) is 5.69 Å². The van der Waals surface area contributed by atoms with Crippen molar-refractivity contribution in [3.05, 3.63) is 30.3 Å². The van der Waals surface area contributed by atoms with Crippen LogP contribution in [0.2, 0.25) is 0 Å². The Morgan fingerprint density at radius 3 is 2.85 bits per heavy atom. The summed E-state index contributed by atoms with van der Waals surface area (Å²) in [6, 6.07) is 10.7. The molecule has 1 saturated heterocycles. The molecule has 2 rings (SSSR count). The van der Waals surface area contributed by atoms with E-state index in [2.05, 4.69) is 39.8 Å². The van der Waals surface area contributed by atoms with Gasteiger partial charge >= 0.3 is 0 Å². The Kier molecular flexibility index (Phi) is 5.41. The van der Waals surface area contributed by atoms with Crippen LogP contribution in [-0.4, -0.2) is 38.6 Å². The van der Waals surface area contributed by atoms with Crippen molar-refractivity contribution < 1.29 is 4.79 Å². The fourth-order valence-electron chi connectivity index (χ4n) is 2.71. The fourth-order valence-corrected chi connectivity index (χ4v) is 2.71. The minimum absolute atomic E-state index is 0.0205. The van der Waals surface area contributed by atoms with E-state index in [1.54, 1.807) is 0 Å². The van der Waals surface area contributed by atoms with E-state index >= 15 is 0 Å². The van der Waals surface area contributed by atoms with Crippen LogP contribution >= 0.6 is 0 Å². The molecule has 4 nitrogen and oxygen atoms in total. The molecule has 1 aliphatic rings. The second kappa shape index (κ2) is 7.29. The van der Waals surface area contributed by atoms with Crippen LogP contribution in [0.3, 0.4) is 0 Å². The number of nitrogens with zero attached hydrogens (tertiary/aromatic N) is 1. The second-order valence-electron chi connectivity index (χ2n) is 5.59. The standard InChI is InChI=1S/C16H25N3O/c1-13(11-17-2)16(20)18-14-7-6-10-19(12-14)15-8-4-3-5-9-15/h3-5,8-9,13-14,17H,6-7,10-12H2,1-2H3,(H,18,20). The minimum atomic E-state index is 0.0205. The monoisotopic (exact) mass is 275 g/mol. The van der Waals surface area contributed by atoms with E-state index in [9.17, 15) is 4.79 Å². The predicted molar refractivity (Wildman–Crippen MR) is 82.9 cm³/mol. The summed E-state index contributed by atoms with van der Waals surface area (Å²) in [4.78, 5) is 14.4. The third kappa shape index (κ3) is 3.97. The first kappa shape index (κ1) is 14.9. The lowest BCUT2D eigenvalue weighted by molar-refractivity contribution is -0.125. The predicted octanol–water partition coefficient (Wildman–Crippen LogP) is 1.63. The molecule has 1 aromatic rings. The summed E-state index contributed by atoms with van der Waals surface area (Å²) in [5.41, 5.74) is 1.25. The number of carbonyl (C=O) groups excluding carboxylic acids is 1. The van der Waals surface area contributed by atoms with E-state index in [0.717, 1.165) is 32.5 Å². The second-order valence-corrected chi connectivity index (χ2v) is 5.59. The Morgan fingerprint density at radius 1 is 1.40 bits per heavy atom. The van der Waals surface area contributed by atoms with Gasteiger partial charge in [-0.25, -0.2) is 0 Å². The first-order valence-electron chi connectivity index (χ1n) is 7.45. The zero-order chi connectivity index (χ0) is 14.4. The quantitative estimate of drug-likeness (QED) is 0.858. The molecule has 0 aromatic heterocycles. The summed E-state index contributed by atoms with van der Waals surface area (Å²) >= 11 is 0. The molecule has 0 saturated carbocycles. The Morgan fingerprint density at radius 2 is 2.15 bits per heavy atom. The highest BCUT2D eigenvalue weighted by atomic mass is 16.1. The number of carbonyl (C=O) groups is 1. The lowest BCUT2D eigenvalue weighted by atomic mass is 10.0. The number of hydrogen-bond donors (Lipinski definition) is 2. The van der Waals surface area contributed by atoms with Crippen molar-refractivity contribution in [3.8, 4) is 0 Å². The summed E-state index contributed by atoms with van der Waals surface area (Å²) in [5.74, 6) is 0.173. The lowest BCUT2D eigenvalue weighted by Crippen LogP contribution is -2.49. The highest BCUT2D eigenvalue weighted by Crippen LogP contribution is 2.19. The molecule has 2 N–H and O–H groups in total. The van der Waals surface area contributed by atoms with Gasteiger partial charge in [-0.3, -0.25) is 4.79 Å². The smallest absolute Gasteiger partial charge is 0.224 e. The highest BCUT2D eigenvalue weighted by Gasteiger charge is 2.23. The van der Waals surface area contributed by atoms with E-state index in [1.807, 2.05) is 20.0 Å². The van der Waals surface area contributed by atoms with Crippen LogP contribution in [0.25, 0.3) is 0 Å². The van der Waals surface area contributed by atoms with Gasteiger partial charge in [-0.05, 0) is 32.0 Å². The van der Waals surface area contributed by atoms with Gasteiger partial charge < -0.3 is 15.5 Å². The normalized spacial score (nSPS) is 20.5. The Bertz CT molecular complexity index is 421. The van der Waals surface area contributed by atoms with Crippen LogP contribution < -0.4 is 15.5 Å². The first-order valence-corrected chi connectivity index (χ1v) is 7.45. The summed E-state index contributed by atoms with van der Waals surface area (Å²) in [5, 5.41) is 6.23. The van der Waals surface area contributed by atoms with Crippen molar-refractivity contribution in [1.82, 2.24) is 10.6 Å². The van der Waals surface area contributed by atoms with Crippen molar-refractivity contribution in [2.45, 2.75) is 25.8 Å². The topological polar surface area (TPSA) is 44.4 Å². The molecule has 1 fully saturated rings. The lowest BCUT2D eigenvalue weighted by Gasteiger charge is -2.35. The Hall–Kier alpha value is -1.55. The maximum absolute atomic E-state index is 12.1. The van der Waals surface area contributed by atoms with Gasteiger partial charge in [0.15, 0.2) is 0 Å². The van der Waals surface area contributed by atoms with Crippen molar-refractivity contribution in [2.24, 2.45) is 5.92 Å². The molecule has 0 radical (unpaired) electrons. The van der Waals surface area contributed by atoms with Crippen molar-refractivity contribution >= 4 is 11.6 Å². The number of anilines is 1. The largest absolute Gasteiger partial charge is 0.369 e. The molecule has 0 spiro atoms. The fraction of sp³-hybridized carbons (Fsp3) is 0.562. The molecule has 20 heavy (non-hydrogen) atoms. The van der Waals surface area contributed by atoms with Gasteiger partial charge in [0, 0.05) is 37.3 Å². The van der Waals surface area contributed by atoms with Crippen LogP contribution in [0.5, 0.6) is 0 Å². The highest BCUT2D eigenvalue weighted by molar-refractivity contribution is 5.78. The molecule has 1 heterocycles. The molecular formula is C16H25N3O. The summed E-state index contributed by atoms with van der Waals surface area (Å²) in [6.07, 6.45) is 2.20. The molecule has 4 heteroatoms. The van der Waals surface area contributed by atoms with Crippen LogP contribution in [0.15, 0.2) is 30.3 Å². The van der Waals surface area contributed by atoms with E-state index in [0.29, 0.717) is 0 Å². The van der Waals surface area contributed by atoms with Crippen molar-refractivity contribution in [1.29, 1.82) is 0 Å². The van der Waals surface area contributed by atoms with E-state index < -0.39 is 0 Å². The number of rotatable bonds is 5. The number of piperidine rings is 1. The zero-order valence-electron chi connectivity index (χ0n) is 12.4. The minimum Gasteiger partial charge on any atom is -0.369 e. The summed E-state index contributed by atoms with van der Waals surface area (Å²) < 4.78 is 0. The molecular weight excluding hydrogens is 250 g/mol. The van der Waals surface area contributed by atoms with E-state index in [1.165, 1.54) is 5.69 Å². The average Bonchev–Trinajstić information content (AvgIpc) is 2.48. The van der Waals surface area contributed by atoms with E-state index in [-0.39, 0.29) is 17.9 Å². The number of benzene rings is 1. The van der Waals surface area contributed by atoms with Gasteiger partial charge in [0.05, 0.1) is 0 Å². The van der Waals surface area contributed by atoms with Gasteiger partial charge in [-0.15, -0.1) is 0 Å². The number of hydrogen-bond acceptors (Lipinski definition) is 3. The molecule has 1 aliphatic heterocycles. The van der Waals surface area contributed by atoms with Crippen LogP contribution in [-0.2, 0) is 4.79 Å². The SMILES string of the molecule is CNCC(C)C(=O)NC1CCCN(c2ccccc2)C1. The molecule has 0 aliphatic carbocycles. The number of para-hydroxylation sites is 1. The first-order chi connectivity index (χ1) is 9.70. The number of amides is 1. The molecule has 1 aromatic carbocycles. The van der Waals surface area contributed by atoms with Gasteiger partial charge in [-0.2, -0.15) is 0 Å². The molecule has 2 atom stereocenters. The number of nitrogens with one attached hydrogen (secondary N) is 2. The summed E-state index contributed by atoms with van der Waals surface area (Å²) in [6.45, 7) is 4.66. The molecule has 0 bridgehead atoms. The van der Waals surface area contributed by atoms with Gasteiger partial charge in [0.25, 0.3) is 0 Å². The van der Waals surface area contributed by atoms with Gasteiger partial charge in [0.1, 0.15) is 0 Å². The van der Waals surface area contributed by atoms with Gasteiger partial charge in [-0.1, -0.05) is 25.1 Å². The Labute approximate surface area is 121 Å². The van der Waals surface area contributed by atoms with Crippen LogP contribution in [0.1, 0.15) is 19.8 Å². The zero-order valence-corrected chi connectivity index (χ0v) is 12.4. The molecule has 2 unspecified atom stereocenters. The van der Waals surface area contributed by atoms with Crippen molar-refractivity contribution in [3.63, 3.8) is 0 Å². The van der Waals surface area contributed by atoms with Crippen LogP contribution in [0, 0.1) is 5.92 Å². The van der Waals surface area contributed by atoms with Crippen molar-refractivity contribution in [2.75, 3.05) is 31.6 Å². The third-order valence-electron chi connectivity index (χ3n) is 3.85. The summed E-state index contributed by atoms with van der Waals surface area (Å²) in [7, 11) is 1.88. The Balaban J connectivity index is 1.89. The molecule has 1 amide bonds. The third-order valence-corrected chi connectivity index (χ3v) is 3.85. The maximum Gasteiger partial charge on any atom is 0.224 e. The van der Waals surface area contributed by atoms with Gasteiger partial charge in [0.2, 0.25) is 5.91 Å².